The molecule has 0 saturated carbocycles. The van der Waals surface area contributed by atoms with Gasteiger partial charge in [0, 0.05) is 43.9 Å². The first-order chi connectivity index (χ1) is 16.9. The fraction of sp³-hybridized carbons (Fsp3) is 0.367. The predicted molar refractivity (Wildman–Crippen MR) is 140 cm³/mol. The Morgan fingerprint density at radius 2 is 1.60 bits per heavy atom. The summed E-state index contributed by atoms with van der Waals surface area (Å²) in [6, 6.07) is 20.4. The Morgan fingerprint density at radius 3 is 2.31 bits per heavy atom. The van der Waals surface area contributed by atoms with Gasteiger partial charge in [-0.1, -0.05) is 36.4 Å². The van der Waals surface area contributed by atoms with E-state index in [9.17, 15) is 4.79 Å². The van der Waals surface area contributed by atoms with Crippen molar-refractivity contribution in [1.82, 2.24) is 9.80 Å². The average molecular weight is 473 g/mol. The van der Waals surface area contributed by atoms with E-state index in [1.54, 1.807) is 0 Å². The summed E-state index contributed by atoms with van der Waals surface area (Å²) in [7, 11) is 0. The molecule has 35 heavy (non-hydrogen) atoms. The molecule has 0 unspecified atom stereocenters. The van der Waals surface area contributed by atoms with Gasteiger partial charge >= 0.3 is 0 Å². The summed E-state index contributed by atoms with van der Waals surface area (Å²) >= 11 is 0. The summed E-state index contributed by atoms with van der Waals surface area (Å²) in [5, 5.41) is 0. The number of amides is 1. The molecule has 0 aliphatic carbocycles. The molecule has 0 aromatic heterocycles. The fourth-order valence-electron chi connectivity index (χ4n) is 4.56. The third-order valence-corrected chi connectivity index (χ3v) is 6.66. The standard InChI is InChI=1S/C30H36N2O3/c1-5-34-28-12-11-26(19-27(28)21-35-29-18-22(2)17-23(3)24(29)4)30(33)32-15-13-31(14-16-32)20-25-9-7-6-8-10-25/h6-12,17-19H,5,13-16,20-21H2,1-4H3. The summed E-state index contributed by atoms with van der Waals surface area (Å²) in [6.07, 6.45) is 0. The number of hydrogen-bond donors (Lipinski definition) is 0. The van der Waals surface area contributed by atoms with E-state index >= 15 is 0 Å². The highest BCUT2D eigenvalue weighted by Gasteiger charge is 2.23. The van der Waals surface area contributed by atoms with Gasteiger partial charge < -0.3 is 14.4 Å². The molecule has 5 heteroatoms. The van der Waals surface area contributed by atoms with Gasteiger partial charge in [-0.05, 0) is 74.2 Å². The second-order valence-corrected chi connectivity index (χ2v) is 9.30. The Hall–Kier alpha value is -3.31. The molecule has 184 valence electrons. The first-order valence-corrected chi connectivity index (χ1v) is 12.5. The summed E-state index contributed by atoms with van der Waals surface area (Å²) in [6.45, 7) is 13.3. The first-order valence-electron chi connectivity index (χ1n) is 12.5. The Balaban J connectivity index is 1.43. The zero-order chi connectivity index (χ0) is 24.8. The molecule has 5 nitrogen and oxygen atoms in total. The maximum atomic E-state index is 13.3. The molecule has 0 radical (unpaired) electrons. The van der Waals surface area contributed by atoms with Gasteiger partial charge in [0.1, 0.15) is 18.1 Å². The van der Waals surface area contributed by atoms with Crippen LogP contribution in [0.3, 0.4) is 0 Å². The van der Waals surface area contributed by atoms with Crippen molar-refractivity contribution in [2.45, 2.75) is 40.8 Å². The molecule has 1 aliphatic heterocycles. The van der Waals surface area contributed by atoms with Crippen molar-refractivity contribution in [3.8, 4) is 11.5 Å². The van der Waals surface area contributed by atoms with Crippen LogP contribution in [-0.2, 0) is 13.2 Å². The number of piperazine rings is 1. The number of rotatable bonds is 8. The molecule has 0 spiro atoms. The number of benzene rings is 3. The number of aryl methyl sites for hydroxylation is 2. The highest BCUT2D eigenvalue weighted by Crippen LogP contribution is 2.27. The van der Waals surface area contributed by atoms with Gasteiger partial charge in [-0.25, -0.2) is 0 Å². The minimum atomic E-state index is 0.0660. The van der Waals surface area contributed by atoms with E-state index in [0.29, 0.717) is 18.8 Å². The van der Waals surface area contributed by atoms with E-state index < -0.39 is 0 Å². The molecule has 1 saturated heterocycles. The second kappa shape index (κ2) is 11.4. The van der Waals surface area contributed by atoms with Crippen LogP contribution in [0.1, 0.15) is 45.1 Å². The summed E-state index contributed by atoms with van der Waals surface area (Å²) in [5.74, 6) is 1.70. The first kappa shape index (κ1) is 24.8. The lowest BCUT2D eigenvalue weighted by Crippen LogP contribution is -2.48. The van der Waals surface area contributed by atoms with Crippen LogP contribution in [0.25, 0.3) is 0 Å². The molecule has 1 fully saturated rings. The van der Waals surface area contributed by atoms with Crippen molar-refractivity contribution >= 4 is 5.91 Å². The molecule has 0 bridgehead atoms. The van der Waals surface area contributed by atoms with E-state index in [2.05, 4.69) is 62.1 Å². The number of carbonyl (C=O) groups excluding carboxylic acids is 1. The molecule has 0 atom stereocenters. The minimum Gasteiger partial charge on any atom is -0.493 e. The summed E-state index contributed by atoms with van der Waals surface area (Å²) in [5.41, 5.74) is 6.39. The Kier molecular flexibility index (Phi) is 8.09. The van der Waals surface area contributed by atoms with Crippen LogP contribution in [0.15, 0.2) is 60.7 Å². The van der Waals surface area contributed by atoms with Crippen molar-refractivity contribution in [1.29, 1.82) is 0 Å². The van der Waals surface area contributed by atoms with Gasteiger partial charge in [-0.3, -0.25) is 9.69 Å². The van der Waals surface area contributed by atoms with E-state index in [-0.39, 0.29) is 5.91 Å². The average Bonchev–Trinajstić information content (AvgIpc) is 2.87. The second-order valence-electron chi connectivity index (χ2n) is 9.30. The van der Waals surface area contributed by atoms with Crippen LogP contribution in [0.5, 0.6) is 11.5 Å². The van der Waals surface area contributed by atoms with Gasteiger partial charge in [0.25, 0.3) is 5.91 Å². The summed E-state index contributed by atoms with van der Waals surface area (Å²) in [4.78, 5) is 17.7. The van der Waals surface area contributed by atoms with Gasteiger partial charge in [-0.2, -0.15) is 0 Å². The molecule has 3 aromatic rings. The quantitative estimate of drug-likeness (QED) is 0.431. The van der Waals surface area contributed by atoms with Crippen LogP contribution in [0.4, 0.5) is 0 Å². The van der Waals surface area contributed by atoms with Gasteiger partial charge in [0.05, 0.1) is 6.61 Å². The summed E-state index contributed by atoms with van der Waals surface area (Å²) < 4.78 is 12.1. The third kappa shape index (κ3) is 6.23. The largest absolute Gasteiger partial charge is 0.493 e. The Labute approximate surface area is 209 Å². The Morgan fingerprint density at radius 1 is 0.857 bits per heavy atom. The number of ether oxygens (including phenoxy) is 2. The van der Waals surface area contributed by atoms with Crippen LogP contribution in [0, 0.1) is 20.8 Å². The number of nitrogens with zero attached hydrogens (tertiary/aromatic N) is 2. The highest BCUT2D eigenvalue weighted by molar-refractivity contribution is 5.94. The maximum Gasteiger partial charge on any atom is 0.253 e. The minimum absolute atomic E-state index is 0.0660. The van der Waals surface area contributed by atoms with E-state index in [0.717, 1.165) is 55.3 Å². The third-order valence-electron chi connectivity index (χ3n) is 6.66. The van der Waals surface area contributed by atoms with Crippen molar-refractivity contribution in [2.75, 3.05) is 32.8 Å². The van der Waals surface area contributed by atoms with Crippen LogP contribution < -0.4 is 9.47 Å². The fourth-order valence-corrected chi connectivity index (χ4v) is 4.56. The molecule has 3 aromatic carbocycles. The molecule has 1 amide bonds. The monoisotopic (exact) mass is 472 g/mol. The molecule has 1 aliphatic rings. The van der Waals surface area contributed by atoms with Gasteiger partial charge in [0.15, 0.2) is 0 Å². The van der Waals surface area contributed by atoms with E-state index in [1.807, 2.05) is 36.1 Å². The lowest BCUT2D eigenvalue weighted by atomic mass is 10.1. The lowest BCUT2D eigenvalue weighted by molar-refractivity contribution is 0.0628. The molecule has 1 heterocycles. The van der Waals surface area contributed by atoms with Crippen molar-refractivity contribution in [3.05, 3.63) is 94.0 Å². The Bertz CT molecular complexity index is 1150. The van der Waals surface area contributed by atoms with Gasteiger partial charge in [0.2, 0.25) is 0 Å². The molecule has 0 N–H and O–H groups in total. The van der Waals surface area contributed by atoms with Gasteiger partial charge in [-0.15, -0.1) is 0 Å². The smallest absolute Gasteiger partial charge is 0.253 e. The van der Waals surface area contributed by atoms with E-state index in [1.165, 1.54) is 16.7 Å². The van der Waals surface area contributed by atoms with Crippen LogP contribution >= 0.6 is 0 Å². The molecular formula is C30H36N2O3. The zero-order valence-corrected chi connectivity index (χ0v) is 21.3. The predicted octanol–water partition coefficient (Wildman–Crippen LogP) is 5.55. The maximum absolute atomic E-state index is 13.3. The zero-order valence-electron chi connectivity index (χ0n) is 21.3. The van der Waals surface area contributed by atoms with Crippen LogP contribution in [0.2, 0.25) is 0 Å². The lowest BCUT2D eigenvalue weighted by Gasteiger charge is -2.35. The molecular weight excluding hydrogens is 436 g/mol. The van der Waals surface area contributed by atoms with Crippen LogP contribution in [-0.4, -0.2) is 48.5 Å². The number of carbonyl (C=O) groups is 1. The molecule has 4 rings (SSSR count). The van der Waals surface area contributed by atoms with Crippen molar-refractivity contribution < 1.29 is 14.3 Å². The van der Waals surface area contributed by atoms with Crippen molar-refractivity contribution in [2.24, 2.45) is 0 Å². The van der Waals surface area contributed by atoms with E-state index in [4.69, 9.17) is 9.47 Å². The van der Waals surface area contributed by atoms with Crippen molar-refractivity contribution in [3.63, 3.8) is 0 Å². The SMILES string of the molecule is CCOc1ccc(C(=O)N2CCN(Cc3ccccc3)CC2)cc1COc1cc(C)cc(C)c1C. The normalized spacial score (nSPS) is 14.1. The number of hydrogen-bond acceptors (Lipinski definition) is 4. The topological polar surface area (TPSA) is 42.0 Å². The highest BCUT2D eigenvalue weighted by atomic mass is 16.5.